The summed E-state index contributed by atoms with van der Waals surface area (Å²) in [6.07, 6.45) is 8.56. The van der Waals surface area contributed by atoms with Crippen LogP contribution in [0.5, 0.6) is 0 Å². The van der Waals surface area contributed by atoms with Crippen LogP contribution in [0, 0.1) is 12.8 Å². The lowest BCUT2D eigenvalue weighted by atomic mass is 9.87. The van der Waals surface area contributed by atoms with Crippen LogP contribution in [0.1, 0.15) is 44.1 Å². The summed E-state index contributed by atoms with van der Waals surface area (Å²) in [6.45, 7) is 3.25. The maximum absolute atomic E-state index is 3.54. The Balaban J connectivity index is 1.77. The molecule has 0 heterocycles. The van der Waals surface area contributed by atoms with Crippen LogP contribution in [-0.2, 0) is 0 Å². The standard InChI is InChI=1S/C15H22BrN/c1-12-9-14(16)11-15(10-12)17-8-7-13-5-3-2-4-6-13/h9-11,13,17H,2-8H2,1H3. The predicted octanol–water partition coefficient (Wildman–Crippen LogP) is 5.14. The fourth-order valence-corrected chi connectivity index (χ4v) is 3.34. The summed E-state index contributed by atoms with van der Waals surface area (Å²) in [5, 5.41) is 3.54. The molecule has 0 unspecified atom stereocenters. The van der Waals surface area contributed by atoms with E-state index < -0.39 is 0 Å². The first kappa shape index (κ1) is 12.9. The third kappa shape index (κ3) is 4.34. The van der Waals surface area contributed by atoms with Crippen molar-refractivity contribution in [2.75, 3.05) is 11.9 Å². The van der Waals surface area contributed by atoms with Crippen LogP contribution < -0.4 is 5.32 Å². The number of halogens is 1. The molecule has 1 N–H and O–H groups in total. The molecular weight excluding hydrogens is 274 g/mol. The van der Waals surface area contributed by atoms with Gasteiger partial charge < -0.3 is 5.32 Å². The van der Waals surface area contributed by atoms with E-state index in [0.29, 0.717) is 0 Å². The van der Waals surface area contributed by atoms with Gasteiger partial charge in [0, 0.05) is 16.7 Å². The molecule has 94 valence electrons. The maximum Gasteiger partial charge on any atom is 0.0354 e. The van der Waals surface area contributed by atoms with E-state index in [1.165, 1.54) is 49.8 Å². The summed E-state index contributed by atoms with van der Waals surface area (Å²) >= 11 is 3.54. The smallest absolute Gasteiger partial charge is 0.0354 e. The molecule has 0 atom stereocenters. The Morgan fingerprint density at radius 1 is 1.18 bits per heavy atom. The molecule has 2 rings (SSSR count). The molecule has 0 radical (unpaired) electrons. The second kappa shape index (κ2) is 6.44. The molecular formula is C15H22BrN. The summed E-state index contributed by atoms with van der Waals surface area (Å²) in [7, 11) is 0. The molecule has 0 amide bonds. The van der Waals surface area contributed by atoms with Gasteiger partial charge in [-0.15, -0.1) is 0 Å². The van der Waals surface area contributed by atoms with E-state index >= 15 is 0 Å². The summed E-state index contributed by atoms with van der Waals surface area (Å²) in [4.78, 5) is 0. The van der Waals surface area contributed by atoms with Crippen molar-refractivity contribution in [2.24, 2.45) is 5.92 Å². The molecule has 0 spiro atoms. The molecule has 1 aromatic rings. The minimum atomic E-state index is 0.962. The van der Waals surface area contributed by atoms with Gasteiger partial charge in [-0.2, -0.15) is 0 Å². The van der Waals surface area contributed by atoms with Gasteiger partial charge in [-0.1, -0.05) is 48.0 Å². The average molecular weight is 296 g/mol. The largest absolute Gasteiger partial charge is 0.385 e. The van der Waals surface area contributed by atoms with Crippen molar-refractivity contribution in [3.8, 4) is 0 Å². The van der Waals surface area contributed by atoms with Crippen LogP contribution in [0.2, 0.25) is 0 Å². The number of aryl methyl sites for hydroxylation is 1. The summed E-state index contributed by atoms with van der Waals surface area (Å²) in [5.41, 5.74) is 2.55. The second-order valence-corrected chi connectivity index (χ2v) is 6.15. The van der Waals surface area contributed by atoms with Gasteiger partial charge >= 0.3 is 0 Å². The van der Waals surface area contributed by atoms with Crippen LogP contribution in [-0.4, -0.2) is 6.54 Å². The molecule has 1 aromatic carbocycles. The van der Waals surface area contributed by atoms with Crippen molar-refractivity contribution in [3.05, 3.63) is 28.2 Å². The zero-order chi connectivity index (χ0) is 12.1. The van der Waals surface area contributed by atoms with Gasteiger partial charge in [0.2, 0.25) is 0 Å². The predicted molar refractivity (Wildman–Crippen MR) is 78.6 cm³/mol. The maximum atomic E-state index is 3.54. The minimum Gasteiger partial charge on any atom is -0.385 e. The summed E-state index contributed by atoms with van der Waals surface area (Å²) in [6, 6.07) is 6.52. The van der Waals surface area contributed by atoms with Gasteiger partial charge in [-0.25, -0.2) is 0 Å². The topological polar surface area (TPSA) is 12.0 Å². The van der Waals surface area contributed by atoms with Crippen LogP contribution in [0.15, 0.2) is 22.7 Å². The second-order valence-electron chi connectivity index (χ2n) is 5.24. The number of rotatable bonds is 4. The lowest BCUT2D eigenvalue weighted by molar-refractivity contribution is 0.345. The number of anilines is 1. The lowest BCUT2D eigenvalue weighted by Crippen LogP contribution is -2.12. The fourth-order valence-electron chi connectivity index (χ4n) is 2.73. The Kier molecular flexibility index (Phi) is 4.90. The van der Waals surface area contributed by atoms with Crippen molar-refractivity contribution in [1.82, 2.24) is 0 Å². The Morgan fingerprint density at radius 2 is 1.94 bits per heavy atom. The molecule has 0 bridgehead atoms. The zero-order valence-corrected chi connectivity index (χ0v) is 12.2. The molecule has 17 heavy (non-hydrogen) atoms. The Bertz CT molecular complexity index is 336. The van der Waals surface area contributed by atoms with E-state index in [1.807, 2.05) is 0 Å². The van der Waals surface area contributed by atoms with Crippen molar-refractivity contribution in [1.29, 1.82) is 0 Å². The van der Waals surface area contributed by atoms with Crippen molar-refractivity contribution in [3.63, 3.8) is 0 Å². The number of hydrogen-bond acceptors (Lipinski definition) is 1. The van der Waals surface area contributed by atoms with Gasteiger partial charge in [0.25, 0.3) is 0 Å². The van der Waals surface area contributed by atoms with E-state index in [2.05, 4.69) is 46.4 Å². The molecule has 0 aliphatic heterocycles. The van der Waals surface area contributed by atoms with Crippen LogP contribution in [0.4, 0.5) is 5.69 Å². The highest BCUT2D eigenvalue weighted by Gasteiger charge is 2.12. The highest BCUT2D eigenvalue weighted by atomic mass is 79.9. The summed E-state index contributed by atoms with van der Waals surface area (Å²) in [5.74, 6) is 0.962. The third-order valence-corrected chi connectivity index (χ3v) is 4.11. The molecule has 1 fully saturated rings. The van der Waals surface area contributed by atoms with E-state index in [-0.39, 0.29) is 0 Å². The van der Waals surface area contributed by atoms with Crippen molar-refractivity contribution >= 4 is 21.6 Å². The molecule has 1 nitrogen and oxygen atoms in total. The van der Waals surface area contributed by atoms with E-state index in [4.69, 9.17) is 0 Å². The van der Waals surface area contributed by atoms with Gasteiger partial charge in [0.1, 0.15) is 0 Å². The van der Waals surface area contributed by atoms with Crippen molar-refractivity contribution in [2.45, 2.75) is 45.4 Å². The highest BCUT2D eigenvalue weighted by Crippen LogP contribution is 2.26. The minimum absolute atomic E-state index is 0.962. The number of hydrogen-bond donors (Lipinski definition) is 1. The zero-order valence-electron chi connectivity index (χ0n) is 10.6. The first-order valence-electron chi connectivity index (χ1n) is 6.75. The monoisotopic (exact) mass is 295 g/mol. The first-order valence-corrected chi connectivity index (χ1v) is 7.54. The van der Waals surface area contributed by atoms with Crippen LogP contribution in [0.25, 0.3) is 0 Å². The average Bonchev–Trinajstić information content (AvgIpc) is 2.29. The third-order valence-electron chi connectivity index (χ3n) is 3.65. The van der Waals surface area contributed by atoms with Gasteiger partial charge in [-0.3, -0.25) is 0 Å². The van der Waals surface area contributed by atoms with Gasteiger partial charge in [0.05, 0.1) is 0 Å². The first-order chi connectivity index (χ1) is 8.24. The van der Waals surface area contributed by atoms with Gasteiger partial charge in [-0.05, 0) is 43.0 Å². The summed E-state index contributed by atoms with van der Waals surface area (Å²) < 4.78 is 1.16. The Morgan fingerprint density at radius 3 is 2.65 bits per heavy atom. The van der Waals surface area contributed by atoms with E-state index in [1.54, 1.807) is 0 Å². The quantitative estimate of drug-likeness (QED) is 0.811. The molecule has 2 heteroatoms. The molecule has 1 aliphatic carbocycles. The SMILES string of the molecule is Cc1cc(Br)cc(NCCC2CCCCC2)c1. The number of benzene rings is 1. The van der Waals surface area contributed by atoms with Crippen LogP contribution in [0.3, 0.4) is 0 Å². The van der Waals surface area contributed by atoms with Crippen molar-refractivity contribution < 1.29 is 0 Å². The Labute approximate surface area is 113 Å². The van der Waals surface area contributed by atoms with E-state index in [9.17, 15) is 0 Å². The van der Waals surface area contributed by atoms with Crippen LogP contribution >= 0.6 is 15.9 Å². The molecule has 0 saturated heterocycles. The molecule has 1 saturated carbocycles. The van der Waals surface area contributed by atoms with E-state index in [0.717, 1.165) is 16.9 Å². The Hall–Kier alpha value is -0.500. The molecule has 1 aliphatic rings. The molecule has 0 aromatic heterocycles. The number of nitrogens with one attached hydrogen (secondary N) is 1. The van der Waals surface area contributed by atoms with Gasteiger partial charge in [0.15, 0.2) is 0 Å². The lowest BCUT2D eigenvalue weighted by Gasteiger charge is -2.21. The highest BCUT2D eigenvalue weighted by molar-refractivity contribution is 9.10. The fraction of sp³-hybridized carbons (Fsp3) is 0.600. The normalized spacial score (nSPS) is 17.1.